The number of aliphatic hydroxyl groups excluding tert-OH is 1. The lowest BCUT2D eigenvalue weighted by atomic mass is 9.73. The van der Waals surface area contributed by atoms with Crippen LogP contribution in [0, 0.1) is 0 Å². The predicted octanol–water partition coefficient (Wildman–Crippen LogP) is 2.38. The third kappa shape index (κ3) is 2.71. The molecule has 0 bridgehead atoms. The Morgan fingerprint density at radius 3 is 2.00 bits per heavy atom. The van der Waals surface area contributed by atoms with E-state index in [1.165, 1.54) is 26.0 Å². The summed E-state index contributed by atoms with van der Waals surface area (Å²) in [5.74, 6) is -2.53. The predicted molar refractivity (Wildman–Crippen MR) is 104 cm³/mol. The normalized spacial score (nSPS) is 25.2. The Bertz CT molecular complexity index is 1100. The molecule has 0 aliphatic heterocycles. The Balaban J connectivity index is 2.08. The molecule has 2 aliphatic rings. The number of phenolic OH excluding ortho intramolecular Hbond substituents is 2. The first-order chi connectivity index (χ1) is 13.6. The summed E-state index contributed by atoms with van der Waals surface area (Å²) in [6.07, 6.45) is -1.63. The van der Waals surface area contributed by atoms with Crippen LogP contribution < -0.4 is 0 Å². The highest BCUT2D eigenvalue weighted by Gasteiger charge is 2.49. The van der Waals surface area contributed by atoms with Crippen LogP contribution in [-0.4, -0.2) is 42.7 Å². The molecule has 0 amide bonds. The van der Waals surface area contributed by atoms with Gasteiger partial charge in [0.1, 0.15) is 11.5 Å². The van der Waals surface area contributed by atoms with Gasteiger partial charge in [-0.1, -0.05) is 36.0 Å². The highest BCUT2D eigenvalue weighted by molar-refractivity contribution is 8.13. The number of hydrogen-bond acceptors (Lipinski definition) is 8. The number of thioether (sulfide) groups is 1. The van der Waals surface area contributed by atoms with Crippen LogP contribution >= 0.6 is 11.8 Å². The SMILES string of the molecule is CC(=O)S[C@@H]1c2c(O)c3c(c(O)c2[C@@H](O)C[C@@]1(C)O)C(=O)c1ccccc1C3=O. The molecule has 3 atom stereocenters. The molecule has 0 unspecified atom stereocenters. The second-order valence-corrected chi connectivity index (χ2v) is 8.83. The Kier molecular flexibility index (Phi) is 4.34. The number of aromatic hydroxyl groups is 2. The van der Waals surface area contributed by atoms with Gasteiger partial charge in [0, 0.05) is 35.6 Å². The van der Waals surface area contributed by atoms with Crippen molar-refractivity contribution in [3.8, 4) is 11.5 Å². The minimum absolute atomic E-state index is 0.0820. The minimum Gasteiger partial charge on any atom is -0.507 e. The maximum Gasteiger partial charge on any atom is 0.198 e. The van der Waals surface area contributed by atoms with E-state index in [0.29, 0.717) is 0 Å². The molecule has 0 aromatic heterocycles. The van der Waals surface area contributed by atoms with Crippen molar-refractivity contribution in [2.24, 2.45) is 0 Å². The summed E-state index contributed by atoms with van der Waals surface area (Å²) in [5, 5.41) is 41.9. The highest BCUT2D eigenvalue weighted by Crippen LogP contribution is 2.57. The summed E-state index contributed by atoms with van der Waals surface area (Å²) in [6, 6.07) is 6.05. The quantitative estimate of drug-likeness (QED) is 0.446. The number of fused-ring (bicyclic) bond motifs is 3. The van der Waals surface area contributed by atoms with Crippen molar-refractivity contribution >= 4 is 28.4 Å². The van der Waals surface area contributed by atoms with Crippen LogP contribution in [-0.2, 0) is 4.79 Å². The zero-order chi connectivity index (χ0) is 21.2. The first kappa shape index (κ1) is 19.6. The van der Waals surface area contributed by atoms with E-state index in [1.54, 1.807) is 12.1 Å². The smallest absolute Gasteiger partial charge is 0.198 e. The summed E-state index contributed by atoms with van der Waals surface area (Å²) < 4.78 is 0. The number of phenols is 2. The lowest BCUT2D eigenvalue weighted by molar-refractivity contribution is -0.109. The van der Waals surface area contributed by atoms with Crippen LogP contribution in [0.4, 0.5) is 0 Å². The first-order valence-electron chi connectivity index (χ1n) is 8.94. The lowest BCUT2D eigenvalue weighted by Crippen LogP contribution is -2.39. The molecule has 4 N–H and O–H groups in total. The van der Waals surface area contributed by atoms with Gasteiger partial charge in [-0.3, -0.25) is 14.4 Å². The van der Waals surface area contributed by atoms with Gasteiger partial charge >= 0.3 is 0 Å². The number of carbonyl (C=O) groups excluding carboxylic acids is 3. The number of rotatable bonds is 1. The van der Waals surface area contributed by atoms with E-state index in [1.807, 2.05) is 0 Å². The fourth-order valence-corrected chi connectivity index (χ4v) is 5.26. The van der Waals surface area contributed by atoms with Crippen LogP contribution in [0.5, 0.6) is 11.5 Å². The van der Waals surface area contributed by atoms with Crippen LogP contribution in [0.25, 0.3) is 0 Å². The lowest BCUT2D eigenvalue weighted by Gasteiger charge is -2.41. The van der Waals surface area contributed by atoms with Crippen LogP contribution in [0.2, 0.25) is 0 Å². The molecular formula is C21H18O7S. The van der Waals surface area contributed by atoms with Gasteiger partial charge in [-0.25, -0.2) is 0 Å². The molecule has 2 aromatic carbocycles. The molecular weight excluding hydrogens is 396 g/mol. The van der Waals surface area contributed by atoms with Crippen molar-refractivity contribution < 1.29 is 34.8 Å². The summed E-state index contributed by atoms with van der Waals surface area (Å²) >= 11 is 0.721. The number of benzene rings is 2. The molecule has 150 valence electrons. The summed E-state index contributed by atoms with van der Waals surface area (Å²) in [4.78, 5) is 37.8. The number of ketones is 2. The molecule has 2 aliphatic carbocycles. The third-order valence-corrected chi connectivity index (χ3v) is 6.76. The number of carbonyl (C=O) groups is 3. The highest BCUT2D eigenvalue weighted by atomic mass is 32.2. The van der Waals surface area contributed by atoms with Crippen LogP contribution in [0.15, 0.2) is 24.3 Å². The molecule has 0 saturated heterocycles. The fourth-order valence-electron chi connectivity index (χ4n) is 4.22. The van der Waals surface area contributed by atoms with E-state index in [0.717, 1.165) is 11.8 Å². The van der Waals surface area contributed by atoms with Crippen molar-refractivity contribution in [2.45, 2.75) is 37.2 Å². The van der Waals surface area contributed by atoms with E-state index < -0.39 is 40.0 Å². The van der Waals surface area contributed by atoms with Gasteiger partial charge in [-0.15, -0.1) is 0 Å². The topological polar surface area (TPSA) is 132 Å². The zero-order valence-electron chi connectivity index (χ0n) is 15.6. The van der Waals surface area contributed by atoms with Crippen molar-refractivity contribution in [3.63, 3.8) is 0 Å². The van der Waals surface area contributed by atoms with Crippen molar-refractivity contribution in [1.82, 2.24) is 0 Å². The van der Waals surface area contributed by atoms with Gasteiger partial charge in [0.25, 0.3) is 0 Å². The molecule has 0 heterocycles. The molecule has 8 heteroatoms. The Labute approximate surface area is 170 Å². The second kappa shape index (κ2) is 6.41. The largest absolute Gasteiger partial charge is 0.507 e. The van der Waals surface area contributed by atoms with E-state index in [-0.39, 0.29) is 44.9 Å². The Hall–Kier alpha value is -2.68. The average Bonchev–Trinajstić information content (AvgIpc) is 2.64. The molecule has 0 radical (unpaired) electrons. The van der Waals surface area contributed by atoms with Gasteiger partial charge in [-0.2, -0.15) is 0 Å². The molecule has 4 rings (SSSR count). The molecule has 0 spiro atoms. The van der Waals surface area contributed by atoms with E-state index in [2.05, 4.69) is 0 Å². The van der Waals surface area contributed by atoms with E-state index in [4.69, 9.17) is 0 Å². The second-order valence-electron chi connectivity index (χ2n) is 7.54. The van der Waals surface area contributed by atoms with Crippen LogP contribution in [0.1, 0.15) is 74.6 Å². The van der Waals surface area contributed by atoms with Gasteiger partial charge < -0.3 is 20.4 Å². The molecule has 29 heavy (non-hydrogen) atoms. The van der Waals surface area contributed by atoms with Gasteiger partial charge in [0.2, 0.25) is 0 Å². The summed E-state index contributed by atoms with van der Waals surface area (Å²) in [7, 11) is 0. The first-order valence-corrected chi connectivity index (χ1v) is 9.82. The van der Waals surface area contributed by atoms with Crippen LogP contribution in [0.3, 0.4) is 0 Å². The Morgan fingerprint density at radius 2 is 1.52 bits per heavy atom. The molecule has 2 aromatic rings. The van der Waals surface area contributed by atoms with Gasteiger partial charge in [-0.05, 0) is 6.92 Å². The van der Waals surface area contributed by atoms with Crippen molar-refractivity contribution in [3.05, 3.63) is 57.6 Å². The third-order valence-electron chi connectivity index (χ3n) is 5.45. The molecule has 0 saturated carbocycles. The van der Waals surface area contributed by atoms with E-state index in [9.17, 15) is 34.8 Å². The fraction of sp³-hybridized carbons (Fsp3) is 0.286. The number of aliphatic hydroxyl groups is 2. The maximum absolute atomic E-state index is 13.1. The number of hydrogen-bond donors (Lipinski definition) is 4. The molecule has 0 fully saturated rings. The monoisotopic (exact) mass is 414 g/mol. The standard InChI is InChI=1S/C21H18O7S/c1-8(22)29-20-15-12(11(23)7-21(20,2)28)18(26)13-14(19(15)27)17(25)10-6-4-3-5-9(10)16(13)24/h3-6,11,20,23,26-28H,7H2,1-2H3/t11-,20+,21+/m0/s1. The molecule has 7 nitrogen and oxygen atoms in total. The van der Waals surface area contributed by atoms with E-state index >= 15 is 0 Å². The Morgan fingerprint density at radius 1 is 1.03 bits per heavy atom. The zero-order valence-corrected chi connectivity index (χ0v) is 16.4. The summed E-state index contributed by atoms with van der Waals surface area (Å²) in [6.45, 7) is 2.68. The van der Waals surface area contributed by atoms with Gasteiger partial charge in [0.05, 0.1) is 28.1 Å². The minimum atomic E-state index is -1.61. The average molecular weight is 414 g/mol. The van der Waals surface area contributed by atoms with Gasteiger partial charge in [0.15, 0.2) is 16.7 Å². The summed E-state index contributed by atoms with van der Waals surface area (Å²) in [5.41, 5.74) is -2.45. The maximum atomic E-state index is 13.1. The van der Waals surface area contributed by atoms with Crippen molar-refractivity contribution in [1.29, 1.82) is 0 Å². The van der Waals surface area contributed by atoms with Crippen molar-refractivity contribution in [2.75, 3.05) is 0 Å².